The van der Waals surface area contributed by atoms with E-state index in [9.17, 15) is 9.90 Å². The molecule has 0 bridgehead atoms. The average molecular weight is 321 g/mol. The number of hydrogen-bond acceptors (Lipinski definition) is 5. The fourth-order valence-electron chi connectivity index (χ4n) is 2.51. The molecule has 116 valence electrons. The van der Waals surface area contributed by atoms with Gasteiger partial charge in [0.05, 0.1) is 6.10 Å². The van der Waals surface area contributed by atoms with Crippen molar-refractivity contribution in [2.24, 2.45) is 0 Å². The number of nitrogens with one attached hydrogen (secondary N) is 2. The maximum absolute atomic E-state index is 11.6. The Morgan fingerprint density at radius 3 is 2.64 bits per heavy atom. The minimum Gasteiger partial charge on any atom is -0.393 e. The quantitative estimate of drug-likeness (QED) is 0.807. The van der Waals surface area contributed by atoms with Crippen LogP contribution in [0.2, 0.25) is 5.15 Å². The molecule has 3 rings (SSSR count). The minimum atomic E-state index is -0.321. The van der Waals surface area contributed by atoms with Crippen LogP contribution in [0.15, 0.2) is 35.1 Å². The lowest BCUT2D eigenvalue weighted by Crippen LogP contribution is -2.35. The van der Waals surface area contributed by atoms with E-state index in [2.05, 4.69) is 20.4 Å². The maximum Gasteiger partial charge on any atom is 0.287 e. The van der Waals surface area contributed by atoms with E-state index in [-0.39, 0.29) is 16.8 Å². The van der Waals surface area contributed by atoms with Crippen molar-refractivity contribution in [3.63, 3.8) is 0 Å². The summed E-state index contributed by atoms with van der Waals surface area (Å²) in [4.78, 5) is 13.9. The number of anilines is 3. The highest BCUT2D eigenvalue weighted by molar-refractivity contribution is 6.29. The van der Waals surface area contributed by atoms with Crippen LogP contribution < -0.4 is 15.8 Å². The number of piperidine rings is 1. The van der Waals surface area contributed by atoms with Crippen molar-refractivity contribution in [2.75, 3.05) is 23.3 Å². The molecule has 1 aliphatic rings. The molecule has 0 saturated carbocycles. The summed E-state index contributed by atoms with van der Waals surface area (Å²) < 4.78 is 0. The van der Waals surface area contributed by atoms with Crippen LogP contribution in [-0.4, -0.2) is 34.5 Å². The van der Waals surface area contributed by atoms with Crippen molar-refractivity contribution in [2.45, 2.75) is 18.9 Å². The van der Waals surface area contributed by atoms with Gasteiger partial charge in [-0.2, -0.15) is 5.10 Å². The molecule has 6 nitrogen and oxygen atoms in total. The van der Waals surface area contributed by atoms with Crippen molar-refractivity contribution in [1.82, 2.24) is 10.2 Å². The lowest BCUT2D eigenvalue weighted by molar-refractivity contribution is 0.145. The molecule has 2 heterocycles. The first-order valence-corrected chi connectivity index (χ1v) is 7.55. The molecule has 1 saturated heterocycles. The molecule has 3 N–H and O–H groups in total. The zero-order chi connectivity index (χ0) is 15.5. The van der Waals surface area contributed by atoms with Crippen molar-refractivity contribution in [3.05, 3.63) is 45.8 Å². The Bertz CT molecular complexity index is 693. The van der Waals surface area contributed by atoms with Gasteiger partial charge in [0.25, 0.3) is 5.56 Å². The second kappa shape index (κ2) is 6.37. The smallest absolute Gasteiger partial charge is 0.287 e. The van der Waals surface area contributed by atoms with Crippen LogP contribution in [0.5, 0.6) is 0 Å². The van der Waals surface area contributed by atoms with Gasteiger partial charge in [0.15, 0.2) is 5.15 Å². The summed E-state index contributed by atoms with van der Waals surface area (Å²) in [6.45, 7) is 1.71. The van der Waals surface area contributed by atoms with Crippen LogP contribution >= 0.6 is 11.6 Å². The van der Waals surface area contributed by atoms with Crippen molar-refractivity contribution >= 4 is 28.7 Å². The molecular formula is C15H17ClN4O2. The number of H-pyrrole nitrogens is 1. The number of aliphatic hydroxyl groups excluding tert-OH is 1. The summed E-state index contributed by atoms with van der Waals surface area (Å²) in [5.41, 5.74) is 1.94. The number of benzene rings is 1. The Hall–Kier alpha value is -2.05. The van der Waals surface area contributed by atoms with Crippen molar-refractivity contribution in [3.8, 4) is 0 Å². The second-order valence-corrected chi connectivity index (χ2v) is 5.71. The standard InChI is InChI=1S/C15H17ClN4O2/c16-14-9-13(15(22)19-18-14)17-10-1-3-11(4-2-10)20-7-5-12(21)6-8-20/h1-4,9,12,21H,5-8H2,(H,17,18)(H,19,22). The summed E-state index contributed by atoms with van der Waals surface area (Å²) >= 11 is 5.77. The second-order valence-electron chi connectivity index (χ2n) is 5.32. The SMILES string of the molecule is O=c1[nH]nc(Cl)cc1Nc1ccc(N2CCC(O)CC2)cc1. The number of aromatic amines is 1. The predicted octanol–water partition coefficient (Wildman–Crippen LogP) is 2.13. The van der Waals surface area contributed by atoms with E-state index < -0.39 is 0 Å². The van der Waals surface area contributed by atoms with Gasteiger partial charge in [0.1, 0.15) is 5.69 Å². The number of rotatable bonds is 3. The topological polar surface area (TPSA) is 81.2 Å². The Morgan fingerprint density at radius 2 is 1.95 bits per heavy atom. The van der Waals surface area contributed by atoms with E-state index in [0.29, 0.717) is 5.69 Å². The van der Waals surface area contributed by atoms with Crippen LogP contribution in [0.1, 0.15) is 12.8 Å². The van der Waals surface area contributed by atoms with Crippen LogP contribution in [0.3, 0.4) is 0 Å². The number of hydrogen-bond donors (Lipinski definition) is 3. The highest BCUT2D eigenvalue weighted by Crippen LogP contribution is 2.23. The Labute approximate surface area is 132 Å². The van der Waals surface area contributed by atoms with Gasteiger partial charge in [-0.05, 0) is 37.1 Å². The fraction of sp³-hybridized carbons (Fsp3) is 0.333. The van der Waals surface area contributed by atoms with E-state index >= 15 is 0 Å². The van der Waals surface area contributed by atoms with Crippen LogP contribution in [0.4, 0.5) is 17.1 Å². The lowest BCUT2D eigenvalue weighted by atomic mass is 10.1. The highest BCUT2D eigenvalue weighted by Gasteiger charge is 2.17. The Balaban J connectivity index is 1.71. The van der Waals surface area contributed by atoms with E-state index in [4.69, 9.17) is 11.6 Å². The predicted molar refractivity (Wildman–Crippen MR) is 87.0 cm³/mol. The van der Waals surface area contributed by atoms with Crippen molar-refractivity contribution in [1.29, 1.82) is 0 Å². The molecule has 0 amide bonds. The molecular weight excluding hydrogens is 304 g/mol. The fourth-order valence-corrected chi connectivity index (χ4v) is 2.66. The summed E-state index contributed by atoms with van der Waals surface area (Å²) in [5.74, 6) is 0. The minimum absolute atomic E-state index is 0.180. The van der Waals surface area contributed by atoms with Crippen LogP contribution in [-0.2, 0) is 0 Å². The van der Waals surface area contributed by atoms with Crippen molar-refractivity contribution < 1.29 is 5.11 Å². The van der Waals surface area contributed by atoms with Gasteiger partial charge in [-0.3, -0.25) is 4.79 Å². The maximum atomic E-state index is 11.6. The molecule has 0 spiro atoms. The molecule has 7 heteroatoms. The van der Waals surface area contributed by atoms with Gasteiger partial charge in [-0.1, -0.05) is 11.6 Å². The first-order chi connectivity index (χ1) is 10.6. The van der Waals surface area contributed by atoms with Gasteiger partial charge in [-0.25, -0.2) is 5.10 Å². The third-order valence-corrected chi connectivity index (χ3v) is 3.94. The van der Waals surface area contributed by atoms with Gasteiger partial charge < -0.3 is 15.3 Å². The summed E-state index contributed by atoms with van der Waals surface area (Å²) in [7, 11) is 0. The molecule has 0 unspecified atom stereocenters. The van der Waals surface area contributed by atoms with Crippen LogP contribution in [0.25, 0.3) is 0 Å². The molecule has 1 aliphatic heterocycles. The number of aromatic nitrogens is 2. The Morgan fingerprint density at radius 1 is 1.27 bits per heavy atom. The van der Waals surface area contributed by atoms with E-state index in [1.165, 1.54) is 6.07 Å². The molecule has 0 radical (unpaired) electrons. The molecule has 1 aromatic carbocycles. The van der Waals surface area contributed by atoms with Gasteiger partial charge >= 0.3 is 0 Å². The molecule has 2 aromatic rings. The molecule has 0 atom stereocenters. The first-order valence-electron chi connectivity index (χ1n) is 7.17. The van der Waals surface area contributed by atoms with E-state index in [0.717, 1.165) is 37.3 Å². The van der Waals surface area contributed by atoms with E-state index in [1.54, 1.807) is 0 Å². The Kier molecular flexibility index (Phi) is 4.31. The lowest BCUT2D eigenvalue weighted by Gasteiger charge is -2.31. The number of halogens is 1. The monoisotopic (exact) mass is 320 g/mol. The zero-order valence-corrected chi connectivity index (χ0v) is 12.7. The average Bonchev–Trinajstić information content (AvgIpc) is 2.53. The molecule has 1 aromatic heterocycles. The third-order valence-electron chi connectivity index (χ3n) is 3.75. The normalized spacial score (nSPS) is 15.8. The van der Waals surface area contributed by atoms with Gasteiger partial charge in [0, 0.05) is 30.5 Å². The molecule has 1 fully saturated rings. The molecule has 22 heavy (non-hydrogen) atoms. The van der Waals surface area contributed by atoms with Gasteiger partial charge in [0.2, 0.25) is 0 Å². The van der Waals surface area contributed by atoms with Gasteiger partial charge in [-0.15, -0.1) is 0 Å². The number of nitrogens with zero attached hydrogens (tertiary/aromatic N) is 2. The first kappa shape index (κ1) is 14.9. The van der Waals surface area contributed by atoms with Crippen LogP contribution in [0, 0.1) is 0 Å². The number of aliphatic hydroxyl groups is 1. The largest absolute Gasteiger partial charge is 0.393 e. The van der Waals surface area contributed by atoms with E-state index in [1.807, 2.05) is 24.3 Å². The summed E-state index contributed by atoms with van der Waals surface area (Å²) in [5, 5.41) is 18.7. The summed E-state index contributed by atoms with van der Waals surface area (Å²) in [6, 6.07) is 9.30. The highest BCUT2D eigenvalue weighted by atomic mass is 35.5. The molecule has 0 aliphatic carbocycles. The summed E-state index contributed by atoms with van der Waals surface area (Å²) in [6.07, 6.45) is 1.41. The zero-order valence-electron chi connectivity index (χ0n) is 11.9. The third kappa shape index (κ3) is 3.40.